The zero-order valence-corrected chi connectivity index (χ0v) is 14.3. The van der Waals surface area contributed by atoms with Crippen LogP contribution in [0.25, 0.3) is 0 Å². The van der Waals surface area contributed by atoms with Crippen LogP contribution in [0.3, 0.4) is 0 Å². The van der Waals surface area contributed by atoms with Gasteiger partial charge in [0.25, 0.3) is 0 Å². The summed E-state index contributed by atoms with van der Waals surface area (Å²) in [6.45, 7) is 6.95. The Morgan fingerprint density at radius 2 is 2.16 bits per heavy atom. The monoisotopic (exact) mass is 341 g/mol. The van der Waals surface area contributed by atoms with Crippen molar-refractivity contribution in [2.45, 2.75) is 39.5 Å². The smallest absolute Gasteiger partial charge is 0.0314 e. The maximum absolute atomic E-state index is 3.73. The van der Waals surface area contributed by atoms with E-state index >= 15 is 0 Å². The molecule has 0 aromatic carbocycles. The van der Waals surface area contributed by atoms with Gasteiger partial charge in [0.1, 0.15) is 0 Å². The van der Waals surface area contributed by atoms with Crippen LogP contribution >= 0.6 is 27.3 Å². The molecule has 1 aromatic heterocycles. The molecule has 0 spiro atoms. The molecular weight excluding hydrogens is 318 g/mol. The first-order valence-corrected chi connectivity index (χ1v) is 9.18. The molecule has 0 radical (unpaired) electrons. The molecule has 2 atom stereocenters. The summed E-state index contributed by atoms with van der Waals surface area (Å²) >= 11 is 5.62. The van der Waals surface area contributed by atoms with E-state index in [2.05, 4.69) is 46.5 Å². The second kappa shape index (κ2) is 5.50. The average Bonchev–Trinajstić information content (AvgIpc) is 2.76. The lowest BCUT2D eigenvalue weighted by Gasteiger charge is -2.31. The average molecular weight is 342 g/mol. The zero-order chi connectivity index (χ0) is 13.5. The molecule has 19 heavy (non-hydrogen) atoms. The first-order chi connectivity index (χ1) is 9.08. The summed E-state index contributed by atoms with van der Waals surface area (Å²) < 4.78 is 1.32. The molecule has 2 aliphatic rings. The fraction of sp³-hybridized carbons (Fsp3) is 0.750. The predicted octanol–water partition coefficient (Wildman–Crippen LogP) is 4.72. The topological polar surface area (TPSA) is 12.0 Å². The van der Waals surface area contributed by atoms with Crippen molar-refractivity contribution in [3.8, 4) is 0 Å². The summed E-state index contributed by atoms with van der Waals surface area (Å²) in [7, 11) is 0. The van der Waals surface area contributed by atoms with Gasteiger partial charge in [-0.2, -0.15) is 0 Å². The molecule has 106 valence electrons. The summed E-state index contributed by atoms with van der Waals surface area (Å²) in [5.41, 5.74) is 0.538. The van der Waals surface area contributed by atoms with E-state index in [-0.39, 0.29) is 0 Å². The number of rotatable bonds is 6. The van der Waals surface area contributed by atoms with Crippen molar-refractivity contribution in [3.63, 3.8) is 0 Å². The molecular formula is C16H24BrNS. The molecule has 0 bridgehead atoms. The minimum atomic E-state index is 0.538. The highest BCUT2D eigenvalue weighted by Crippen LogP contribution is 2.61. The molecule has 1 N–H and O–H groups in total. The summed E-state index contributed by atoms with van der Waals surface area (Å²) in [5.74, 6) is 2.86. The standard InChI is InChI=1S/C16H24BrNS/c1-11(2)9-18-10-16(6-12-5-13(12)7-16)8-15-14(17)3-4-19-15/h3-4,11-13,18H,5-10H2,1-2H3. The third-order valence-electron chi connectivity index (χ3n) is 4.74. The number of thiophene rings is 1. The van der Waals surface area contributed by atoms with E-state index < -0.39 is 0 Å². The number of nitrogens with one attached hydrogen (secondary N) is 1. The van der Waals surface area contributed by atoms with Gasteiger partial charge in [-0.25, -0.2) is 0 Å². The zero-order valence-electron chi connectivity index (χ0n) is 11.9. The highest BCUT2D eigenvalue weighted by molar-refractivity contribution is 9.10. The number of hydrogen-bond donors (Lipinski definition) is 1. The Hall–Kier alpha value is 0.140. The minimum Gasteiger partial charge on any atom is -0.316 e. The van der Waals surface area contributed by atoms with Gasteiger partial charge in [-0.15, -0.1) is 11.3 Å². The molecule has 3 rings (SSSR count). The lowest BCUT2D eigenvalue weighted by atomic mass is 9.79. The quantitative estimate of drug-likeness (QED) is 0.789. The Bertz CT molecular complexity index is 430. The van der Waals surface area contributed by atoms with Gasteiger partial charge in [-0.1, -0.05) is 13.8 Å². The Labute approximate surface area is 129 Å². The van der Waals surface area contributed by atoms with Gasteiger partial charge >= 0.3 is 0 Å². The summed E-state index contributed by atoms with van der Waals surface area (Å²) in [6.07, 6.45) is 5.68. The Morgan fingerprint density at radius 3 is 2.74 bits per heavy atom. The fourth-order valence-corrected chi connectivity index (χ4v) is 5.44. The first kappa shape index (κ1) is 14.1. The molecule has 1 nitrogen and oxygen atoms in total. The highest BCUT2D eigenvalue weighted by atomic mass is 79.9. The van der Waals surface area contributed by atoms with Gasteiger partial charge in [-0.05, 0) is 82.8 Å². The van der Waals surface area contributed by atoms with Crippen LogP contribution in [0, 0.1) is 23.2 Å². The number of fused-ring (bicyclic) bond motifs is 1. The maximum Gasteiger partial charge on any atom is 0.0314 e. The van der Waals surface area contributed by atoms with Crippen molar-refractivity contribution >= 4 is 27.3 Å². The van der Waals surface area contributed by atoms with Gasteiger partial charge in [0.15, 0.2) is 0 Å². The van der Waals surface area contributed by atoms with E-state index in [1.807, 2.05) is 11.3 Å². The second-order valence-corrected chi connectivity index (χ2v) is 8.91. The minimum absolute atomic E-state index is 0.538. The molecule has 2 fully saturated rings. The van der Waals surface area contributed by atoms with Crippen molar-refractivity contribution in [1.29, 1.82) is 0 Å². The SMILES string of the molecule is CC(C)CNCC1(Cc2sccc2Br)CC2CC2C1. The Kier molecular flexibility index (Phi) is 4.08. The Balaban J connectivity index is 1.65. The van der Waals surface area contributed by atoms with Crippen LogP contribution < -0.4 is 5.32 Å². The molecule has 0 aliphatic heterocycles. The largest absolute Gasteiger partial charge is 0.316 e. The normalized spacial score (nSPS) is 32.8. The van der Waals surface area contributed by atoms with Crippen LogP contribution in [0.15, 0.2) is 15.9 Å². The lowest BCUT2D eigenvalue weighted by Crippen LogP contribution is -2.36. The van der Waals surface area contributed by atoms with Crippen molar-refractivity contribution in [2.24, 2.45) is 23.2 Å². The molecule has 1 heterocycles. The number of halogens is 1. The van der Waals surface area contributed by atoms with Gasteiger partial charge in [0, 0.05) is 15.9 Å². The van der Waals surface area contributed by atoms with E-state index in [9.17, 15) is 0 Å². The lowest BCUT2D eigenvalue weighted by molar-refractivity contribution is 0.246. The van der Waals surface area contributed by atoms with E-state index in [0.717, 1.165) is 24.3 Å². The van der Waals surface area contributed by atoms with E-state index in [1.165, 1.54) is 36.7 Å². The van der Waals surface area contributed by atoms with Gasteiger partial charge in [0.05, 0.1) is 0 Å². The second-order valence-electron chi connectivity index (χ2n) is 7.06. The maximum atomic E-state index is 3.73. The third-order valence-corrected chi connectivity index (χ3v) is 6.66. The van der Waals surface area contributed by atoms with Crippen molar-refractivity contribution in [2.75, 3.05) is 13.1 Å². The van der Waals surface area contributed by atoms with Crippen molar-refractivity contribution < 1.29 is 0 Å². The predicted molar refractivity (Wildman–Crippen MR) is 86.7 cm³/mol. The van der Waals surface area contributed by atoms with Gasteiger partial charge < -0.3 is 5.32 Å². The molecule has 2 aliphatic carbocycles. The third kappa shape index (κ3) is 3.25. The molecule has 0 amide bonds. The summed E-state index contributed by atoms with van der Waals surface area (Å²) in [4.78, 5) is 1.55. The molecule has 0 saturated heterocycles. The van der Waals surface area contributed by atoms with Crippen LogP contribution in [-0.4, -0.2) is 13.1 Å². The molecule has 1 aromatic rings. The van der Waals surface area contributed by atoms with Crippen molar-refractivity contribution in [1.82, 2.24) is 5.32 Å². The fourth-order valence-electron chi connectivity index (χ4n) is 3.78. The van der Waals surface area contributed by atoms with Crippen LogP contribution in [0.4, 0.5) is 0 Å². The molecule has 2 saturated carbocycles. The van der Waals surface area contributed by atoms with Crippen LogP contribution in [0.5, 0.6) is 0 Å². The van der Waals surface area contributed by atoms with E-state index in [4.69, 9.17) is 0 Å². The van der Waals surface area contributed by atoms with Crippen LogP contribution in [0.1, 0.15) is 38.0 Å². The van der Waals surface area contributed by atoms with Gasteiger partial charge in [0.2, 0.25) is 0 Å². The van der Waals surface area contributed by atoms with Crippen LogP contribution in [-0.2, 0) is 6.42 Å². The van der Waals surface area contributed by atoms with Gasteiger partial charge in [-0.3, -0.25) is 0 Å². The summed E-state index contributed by atoms with van der Waals surface area (Å²) in [6, 6.07) is 2.20. The van der Waals surface area contributed by atoms with E-state index in [1.54, 1.807) is 4.88 Å². The molecule has 2 unspecified atom stereocenters. The van der Waals surface area contributed by atoms with Crippen LogP contribution in [0.2, 0.25) is 0 Å². The summed E-state index contributed by atoms with van der Waals surface area (Å²) in [5, 5.41) is 5.94. The van der Waals surface area contributed by atoms with Crippen molar-refractivity contribution in [3.05, 3.63) is 20.8 Å². The van der Waals surface area contributed by atoms with E-state index in [0.29, 0.717) is 5.41 Å². The molecule has 3 heteroatoms. The highest BCUT2D eigenvalue weighted by Gasteiger charge is 2.53. The first-order valence-electron chi connectivity index (χ1n) is 7.50. The Morgan fingerprint density at radius 1 is 1.42 bits per heavy atom. The number of hydrogen-bond acceptors (Lipinski definition) is 2.